The van der Waals surface area contributed by atoms with E-state index in [0.29, 0.717) is 25.1 Å². The van der Waals surface area contributed by atoms with E-state index < -0.39 is 30.6 Å². The van der Waals surface area contributed by atoms with Gasteiger partial charge in [-0.2, -0.15) is 0 Å². The molecule has 1 saturated heterocycles. The molecular formula is C21H22N2O5. The highest BCUT2D eigenvalue weighted by Crippen LogP contribution is 2.24. The van der Waals surface area contributed by atoms with Crippen molar-refractivity contribution in [2.24, 2.45) is 0 Å². The van der Waals surface area contributed by atoms with Gasteiger partial charge in [-0.3, -0.25) is 19.4 Å². The SMILES string of the molecule is O=C(O)CN(C(=O)C1CCCN1C(=O)OCc1ccccc1)c1ccccc1. The van der Waals surface area contributed by atoms with Crippen LogP contribution in [0.5, 0.6) is 0 Å². The lowest BCUT2D eigenvalue weighted by atomic mass is 10.1. The first-order valence-electron chi connectivity index (χ1n) is 9.12. The minimum atomic E-state index is -1.12. The van der Waals surface area contributed by atoms with Crippen LogP contribution in [0, 0.1) is 0 Å². The Morgan fingerprint density at radius 1 is 1.04 bits per heavy atom. The molecule has 7 heteroatoms. The second kappa shape index (κ2) is 9.03. The Morgan fingerprint density at radius 2 is 1.68 bits per heavy atom. The van der Waals surface area contributed by atoms with Crippen molar-refractivity contribution in [3.05, 3.63) is 66.2 Å². The van der Waals surface area contributed by atoms with E-state index in [2.05, 4.69) is 0 Å². The second-order valence-electron chi connectivity index (χ2n) is 6.55. The molecule has 1 aliphatic heterocycles. The standard InChI is InChI=1S/C21H22N2O5/c24-19(25)14-23(17-10-5-2-6-11-17)20(26)18-12-7-13-22(18)21(27)28-15-16-8-3-1-4-9-16/h1-6,8-11,18H,7,12-15H2,(H,24,25). The maximum Gasteiger partial charge on any atom is 0.410 e. The van der Waals surface area contributed by atoms with Crippen LogP contribution in [-0.2, 0) is 20.9 Å². The third-order valence-corrected chi connectivity index (χ3v) is 4.60. The van der Waals surface area contributed by atoms with Gasteiger partial charge in [0.25, 0.3) is 0 Å². The highest BCUT2D eigenvalue weighted by molar-refractivity contribution is 6.01. The van der Waals surface area contributed by atoms with Gasteiger partial charge in [-0.1, -0.05) is 48.5 Å². The van der Waals surface area contributed by atoms with E-state index in [1.165, 1.54) is 9.80 Å². The van der Waals surface area contributed by atoms with E-state index in [1.54, 1.807) is 30.3 Å². The van der Waals surface area contributed by atoms with Crippen LogP contribution in [0.1, 0.15) is 18.4 Å². The monoisotopic (exact) mass is 382 g/mol. The van der Waals surface area contributed by atoms with Gasteiger partial charge in [0.1, 0.15) is 19.2 Å². The first-order chi connectivity index (χ1) is 13.6. The minimum absolute atomic E-state index is 0.120. The van der Waals surface area contributed by atoms with Crippen molar-refractivity contribution < 1.29 is 24.2 Å². The van der Waals surface area contributed by atoms with Crippen molar-refractivity contribution in [3.8, 4) is 0 Å². The highest BCUT2D eigenvalue weighted by Gasteiger charge is 2.38. The molecule has 7 nitrogen and oxygen atoms in total. The molecule has 0 aliphatic carbocycles. The van der Waals surface area contributed by atoms with Gasteiger partial charge in [-0.15, -0.1) is 0 Å². The van der Waals surface area contributed by atoms with Gasteiger partial charge in [0, 0.05) is 12.2 Å². The van der Waals surface area contributed by atoms with Crippen LogP contribution in [-0.4, -0.2) is 47.1 Å². The summed E-state index contributed by atoms with van der Waals surface area (Å²) in [5, 5.41) is 9.22. The number of rotatable bonds is 6. The van der Waals surface area contributed by atoms with Crippen LogP contribution in [0.15, 0.2) is 60.7 Å². The normalized spacial score (nSPS) is 15.9. The zero-order chi connectivity index (χ0) is 19.9. The Kier molecular flexibility index (Phi) is 6.26. The smallest absolute Gasteiger partial charge is 0.410 e. The van der Waals surface area contributed by atoms with Crippen LogP contribution in [0.4, 0.5) is 10.5 Å². The number of nitrogens with zero attached hydrogens (tertiary/aromatic N) is 2. The molecule has 1 fully saturated rings. The second-order valence-corrected chi connectivity index (χ2v) is 6.55. The van der Waals surface area contributed by atoms with E-state index in [-0.39, 0.29) is 6.61 Å². The molecule has 0 radical (unpaired) electrons. The first-order valence-corrected chi connectivity index (χ1v) is 9.12. The van der Waals surface area contributed by atoms with E-state index in [4.69, 9.17) is 4.74 Å². The maximum absolute atomic E-state index is 13.1. The fraction of sp³-hybridized carbons (Fsp3) is 0.286. The quantitative estimate of drug-likeness (QED) is 0.830. The van der Waals surface area contributed by atoms with Gasteiger partial charge in [0.15, 0.2) is 0 Å². The Hall–Kier alpha value is -3.35. The molecule has 1 aliphatic rings. The van der Waals surface area contributed by atoms with Crippen molar-refractivity contribution in [1.29, 1.82) is 0 Å². The number of amides is 2. The van der Waals surface area contributed by atoms with Gasteiger partial charge < -0.3 is 9.84 Å². The molecule has 28 heavy (non-hydrogen) atoms. The van der Waals surface area contributed by atoms with Crippen molar-refractivity contribution in [2.75, 3.05) is 18.0 Å². The summed E-state index contributed by atoms with van der Waals surface area (Å²) in [6.45, 7) is 0.0561. The average molecular weight is 382 g/mol. The van der Waals surface area contributed by atoms with E-state index in [1.807, 2.05) is 30.3 Å². The number of carbonyl (C=O) groups excluding carboxylic acids is 2. The lowest BCUT2D eigenvalue weighted by molar-refractivity contribution is -0.137. The lowest BCUT2D eigenvalue weighted by Crippen LogP contribution is -2.49. The van der Waals surface area contributed by atoms with Crippen LogP contribution in [0.3, 0.4) is 0 Å². The number of hydrogen-bond acceptors (Lipinski definition) is 4. The van der Waals surface area contributed by atoms with Crippen LogP contribution >= 0.6 is 0 Å². The summed E-state index contributed by atoms with van der Waals surface area (Å²) >= 11 is 0. The van der Waals surface area contributed by atoms with Crippen LogP contribution in [0.2, 0.25) is 0 Å². The lowest BCUT2D eigenvalue weighted by Gasteiger charge is -2.29. The fourth-order valence-electron chi connectivity index (χ4n) is 3.26. The van der Waals surface area contributed by atoms with Crippen molar-refractivity contribution in [3.63, 3.8) is 0 Å². The zero-order valence-electron chi connectivity index (χ0n) is 15.4. The number of benzene rings is 2. The van der Waals surface area contributed by atoms with Gasteiger partial charge in [0.2, 0.25) is 5.91 Å². The Labute approximate surface area is 163 Å². The number of carboxylic acid groups (broad SMARTS) is 1. The number of para-hydroxylation sites is 1. The van der Waals surface area contributed by atoms with Crippen LogP contribution < -0.4 is 4.90 Å². The molecule has 2 aromatic carbocycles. The Bertz CT molecular complexity index is 825. The Balaban J connectivity index is 1.71. The van der Waals surface area contributed by atoms with Crippen molar-refractivity contribution in [2.45, 2.75) is 25.5 Å². The number of likely N-dealkylation sites (tertiary alicyclic amines) is 1. The summed E-state index contributed by atoms with van der Waals surface area (Å²) in [6.07, 6.45) is 0.567. The largest absolute Gasteiger partial charge is 0.480 e. The van der Waals surface area contributed by atoms with Crippen molar-refractivity contribution in [1.82, 2.24) is 4.90 Å². The highest BCUT2D eigenvalue weighted by atomic mass is 16.6. The molecule has 1 atom stereocenters. The number of ether oxygens (including phenoxy) is 1. The molecule has 0 bridgehead atoms. The summed E-state index contributed by atoms with van der Waals surface area (Å²) in [6, 6.07) is 17.2. The number of hydrogen-bond donors (Lipinski definition) is 1. The number of carbonyl (C=O) groups is 3. The van der Waals surface area contributed by atoms with Gasteiger partial charge >= 0.3 is 12.1 Å². The molecule has 1 unspecified atom stereocenters. The summed E-state index contributed by atoms with van der Waals surface area (Å²) < 4.78 is 5.36. The molecule has 1 N–H and O–H groups in total. The molecule has 2 amide bonds. The maximum atomic E-state index is 13.1. The Morgan fingerprint density at radius 3 is 2.32 bits per heavy atom. The molecule has 2 aromatic rings. The molecular weight excluding hydrogens is 360 g/mol. The van der Waals surface area contributed by atoms with Gasteiger partial charge in [0.05, 0.1) is 0 Å². The van der Waals surface area contributed by atoms with Gasteiger partial charge in [-0.25, -0.2) is 4.79 Å². The molecule has 146 valence electrons. The topological polar surface area (TPSA) is 87.2 Å². The molecule has 0 saturated carbocycles. The van der Waals surface area contributed by atoms with E-state index in [0.717, 1.165) is 5.56 Å². The summed E-state index contributed by atoms with van der Waals surface area (Å²) in [7, 11) is 0. The summed E-state index contributed by atoms with van der Waals surface area (Å²) in [5.74, 6) is -1.53. The molecule has 0 aromatic heterocycles. The predicted octanol–water partition coefficient (Wildman–Crippen LogP) is 2.91. The first kappa shape index (κ1) is 19.4. The molecule has 1 heterocycles. The predicted molar refractivity (Wildman–Crippen MR) is 103 cm³/mol. The van der Waals surface area contributed by atoms with Crippen LogP contribution in [0.25, 0.3) is 0 Å². The zero-order valence-corrected chi connectivity index (χ0v) is 15.4. The molecule has 0 spiro atoms. The minimum Gasteiger partial charge on any atom is -0.480 e. The number of anilines is 1. The number of carboxylic acids is 1. The van der Waals surface area contributed by atoms with E-state index in [9.17, 15) is 19.5 Å². The van der Waals surface area contributed by atoms with Crippen molar-refractivity contribution >= 4 is 23.7 Å². The average Bonchev–Trinajstić information content (AvgIpc) is 3.21. The van der Waals surface area contributed by atoms with E-state index >= 15 is 0 Å². The number of aliphatic carboxylic acids is 1. The molecule has 3 rings (SSSR count). The third kappa shape index (κ3) is 4.68. The fourth-order valence-corrected chi connectivity index (χ4v) is 3.26. The summed E-state index contributed by atoms with van der Waals surface area (Å²) in [5.41, 5.74) is 1.34. The van der Waals surface area contributed by atoms with Gasteiger partial charge in [-0.05, 0) is 30.5 Å². The summed E-state index contributed by atoms with van der Waals surface area (Å²) in [4.78, 5) is 39.5. The third-order valence-electron chi connectivity index (χ3n) is 4.60.